The van der Waals surface area contributed by atoms with E-state index in [1.165, 1.54) is 16.7 Å². The molecule has 7 N–H and O–H groups in total. The molecule has 0 radical (unpaired) electrons. The molecule has 4 amide bonds. The third kappa shape index (κ3) is 16.2. The Bertz CT molecular complexity index is 2870. The number of thiazole rings is 1. The number of aryl methyl sites for hydroxylation is 1. The van der Waals surface area contributed by atoms with Crippen LogP contribution in [0.5, 0.6) is 0 Å². The molecule has 0 saturated carbocycles. The van der Waals surface area contributed by atoms with Gasteiger partial charge < -0.3 is 36.2 Å². The summed E-state index contributed by atoms with van der Waals surface area (Å²) >= 11 is 2.96. The van der Waals surface area contributed by atoms with Crippen LogP contribution in [0, 0.1) is 18.3 Å². The van der Waals surface area contributed by atoms with E-state index in [1.54, 1.807) is 16.8 Å². The Morgan fingerprint density at radius 1 is 0.921 bits per heavy atom. The van der Waals surface area contributed by atoms with Gasteiger partial charge >= 0.3 is 5.51 Å². The Kier molecular flexibility index (Phi) is 20.6. The van der Waals surface area contributed by atoms with E-state index < -0.39 is 82.3 Å². The summed E-state index contributed by atoms with van der Waals surface area (Å²) in [7, 11) is -10.5. The molecule has 4 aromatic rings. The number of carbonyl (C=O) groups excluding carboxylic acids is 4. The first kappa shape index (κ1) is 60.1. The van der Waals surface area contributed by atoms with E-state index in [-0.39, 0.29) is 43.2 Å². The fourth-order valence-corrected chi connectivity index (χ4v) is 12.6. The number of anilines is 1. The van der Waals surface area contributed by atoms with Crippen molar-refractivity contribution in [2.75, 3.05) is 43.8 Å². The number of aromatic nitrogens is 1. The van der Waals surface area contributed by atoms with Crippen LogP contribution in [-0.2, 0) is 39.0 Å². The number of benzene rings is 3. The van der Waals surface area contributed by atoms with Crippen LogP contribution in [-0.4, -0.2) is 129 Å². The van der Waals surface area contributed by atoms with Crippen molar-refractivity contribution in [3.63, 3.8) is 0 Å². The summed E-state index contributed by atoms with van der Waals surface area (Å²) in [6.45, 7) is 11.1. The van der Waals surface area contributed by atoms with Crippen molar-refractivity contribution in [3.05, 3.63) is 89.6 Å². The predicted molar refractivity (Wildman–Crippen MR) is 287 cm³/mol. The smallest absolute Gasteiger partial charge is 0.391 e. The maximum absolute atomic E-state index is 14.1. The van der Waals surface area contributed by atoms with Gasteiger partial charge in [0.1, 0.15) is 17.0 Å². The zero-order valence-electron chi connectivity index (χ0n) is 43.3. The van der Waals surface area contributed by atoms with Gasteiger partial charge in [-0.1, -0.05) is 76.1 Å². The summed E-state index contributed by atoms with van der Waals surface area (Å²) in [5.41, 5.74) is -2.21. The number of aliphatic hydroxyl groups is 1. The number of hydrogen-bond acceptors (Lipinski definition) is 14. The van der Waals surface area contributed by atoms with Crippen molar-refractivity contribution in [1.29, 1.82) is 0 Å². The van der Waals surface area contributed by atoms with Crippen LogP contribution in [0.2, 0.25) is 0 Å². The summed E-state index contributed by atoms with van der Waals surface area (Å²) in [5, 5.41) is 27.7. The molecular formula is C52H69F3N8O9S4. The van der Waals surface area contributed by atoms with E-state index in [0.717, 1.165) is 45.1 Å². The highest BCUT2D eigenvalue weighted by Gasteiger charge is 2.49. The minimum Gasteiger partial charge on any atom is -0.391 e. The highest BCUT2D eigenvalue weighted by atomic mass is 32.2. The maximum Gasteiger partial charge on any atom is 0.501 e. The maximum atomic E-state index is 14.1. The Morgan fingerprint density at radius 2 is 1.62 bits per heavy atom. The molecule has 2 saturated heterocycles. The number of likely N-dealkylation sites (tertiary alicyclic amines) is 2. The van der Waals surface area contributed by atoms with Crippen LogP contribution in [0.15, 0.2) is 93.0 Å². The lowest BCUT2D eigenvalue weighted by molar-refractivity contribution is -0.144. The molecule has 3 heterocycles. The normalized spacial score (nSPS) is 18.7. The predicted octanol–water partition coefficient (Wildman–Crippen LogP) is 6.78. The average molecular weight is 1140 g/mol. The number of rotatable bonds is 24. The van der Waals surface area contributed by atoms with Crippen LogP contribution in [0.25, 0.3) is 10.4 Å². The molecule has 17 nitrogen and oxygen atoms in total. The van der Waals surface area contributed by atoms with Gasteiger partial charge in [-0.2, -0.15) is 13.2 Å². The number of amides is 4. The molecule has 6 atom stereocenters. The number of nitrogens with zero attached hydrogens (tertiary/aromatic N) is 3. The number of primary sulfonamides is 1. The summed E-state index contributed by atoms with van der Waals surface area (Å²) in [6.07, 6.45) is 2.88. The topological polar surface area (TPSA) is 250 Å². The number of sulfonamides is 1. The van der Waals surface area contributed by atoms with Crippen molar-refractivity contribution >= 4 is 72.3 Å². The first-order valence-electron chi connectivity index (χ1n) is 25.2. The van der Waals surface area contributed by atoms with Crippen molar-refractivity contribution in [1.82, 2.24) is 30.7 Å². The number of alkyl halides is 3. The van der Waals surface area contributed by atoms with Crippen molar-refractivity contribution in [3.8, 4) is 10.4 Å². The third-order valence-corrected chi connectivity index (χ3v) is 18.1. The summed E-state index contributed by atoms with van der Waals surface area (Å²) in [5.74, 6) is -1.25. The van der Waals surface area contributed by atoms with E-state index in [4.69, 9.17) is 5.14 Å². The number of halogens is 3. The quantitative estimate of drug-likeness (QED) is 0.0313. The van der Waals surface area contributed by atoms with E-state index in [2.05, 4.69) is 31.2 Å². The molecule has 3 aromatic carbocycles. The summed E-state index contributed by atoms with van der Waals surface area (Å²) in [4.78, 5) is 62.0. The molecule has 0 spiro atoms. The number of aliphatic hydroxyl groups excluding tert-OH is 1. The van der Waals surface area contributed by atoms with Crippen LogP contribution in [0.4, 0.5) is 18.9 Å². The molecule has 0 bridgehead atoms. The van der Waals surface area contributed by atoms with E-state index in [9.17, 15) is 54.3 Å². The lowest BCUT2D eigenvalue weighted by Crippen LogP contribution is -2.57. The number of unbranched alkanes of at least 4 members (excludes halogenated alkanes) is 3. The molecule has 416 valence electrons. The second-order valence-electron chi connectivity index (χ2n) is 20.5. The molecule has 2 aliphatic heterocycles. The minimum atomic E-state index is -5.99. The standard InChI is InChI=1S/C52H69F3N8O9S4/c1-33(35-16-18-36(19-17-35)46-34(2)58-32-74-46)59-49(67)43-27-39(64)30-63(43)50(68)47(51(3,4)5)61-45(65)15-11-6-7-12-24-57-48(66)37-22-25-62(29-37)26-23-38(31-73-40-13-9-8-10-14-40)60-42-21-20-41(76(56,71)72)28-44(42)75(69,70)52(53,54)55/h8-10,13-14,16-21,28,32-33,37-39,43,47,60,64H,6-7,11-12,15,22-27,29-31H2,1-5H3,(H,57,66)(H,59,67)(H,61,65)(H2,56,71,72)/t33-,37?,38?,39+,43-,47?/m0/s1. The molecule has 0 aliphatic carbocycles. The first-order valence-corrected chi connectivity index (χ1v) is 30.1. The fraction of sp³-hybridized carbons (Fsp3) is 0.519. The molecule has 2 aliphatic rings. The zero-order valence-corrected chi connectivity index (χ0v) is 46.5. The number of nitrogens with one attached hydrogen (secondary N) is 4. The van der Waals surface area contributed by atoms with Gasteiger partial charge in [-0.15, -0.1) is 23.1 Å². The highest BCUT2D eigenvalue weighted by Crippen LogP contribution is 2.37. The van der Waals surface area contributed by atoms with E-state index in [0.29, 0.717) is 70.1 Å². The molecule has 2 fully saturated rings. The lowest BCUT2D eigenvalue weighted by atomic mass is 9.85. The molecule has 24 heteroatoms. The second kappa shape index (κ2) is 26.0. The zero-order chi connectivity index (χ0) is 55.6. The number of nitrogens with two attached hydrogens (primary N) is 1. The molecule has 76 heavy (non-hydrogen) atoms. The lowest BCUT2D eigenvalue weighted by Gasteiger charge is -2.35. The van der Waals surface area contributed by atoms with Gasteiger partial charge in [0, 0.05) is 55.7 Å². The number of β-amino-alcohol motifs (C(OH)–C–C–N with tert-alkyl or cyclic N) is 1. The van der Waals surface area contributed by atoms with Gasteiger partial charge in [0.2, 0.25) is 33.7 Å². The first-order chi connectivity index (χ1) is 35.7. The highest BCUT2D eigenvalue weighted by molar-refractivity contribution is 7.99. The summed E-state index contributed by atoms with van der Waals surface area (Å²) < 4.78 is 90.8. The monoisotopic (exact) mass is 1130 g/mol. The number of hydrogen-bond donors (Lipinski definition) is 6. The van der Waals surface area contributed by atoms with E-state index >= 15 is 0 Å². The van der Waals surface area contributed by atoms with Crippen LogP contribution >= 0.6 is 23.1 Å². The van der Waals surface area contributed by atoms with Gasteiger partial charge in [0.25, 0.3) is 9.84 Å². The van der Waals surface area contributed by atoms with Crippen molar-refractivity contribution in [2.24, 2.45) is 16.5 Å². The van der Waals surface area contributed by atoms with Crippen LogP contribution in [0.1, 0.15) is 96.4 Å². The molecule has 6 rings (SSSR count). The Balaban J connectivity index is 0.930. The number of thioether (sulfide) groups is 1. The SMILES string of the molecule is Cc1ncsc1-c1ccc([C@H](C)NC(=O)[C@@H]2C[C@@H](O)CN2C(=O)C(NC(=O)CCCCCCNC(=O)C2CCN(CCC(CSc3ccccc3)Nc3ccc(S(N)(=O)=O)cc3S(=O)(=O)C(F)(F)F)C2)C(C)(C)C)cc1. The number of carbonyl (C=O) groups is 4. The largest absolute Gasteiger partial charge is 0.501 e. The Hall–Kier alpha value is -5.11. The van der Waals surface area contributed by atoms with Crippen LogP contribution < -0.4 is 26.4 Å². The summed E-state index contributed by atoms with van der Waals surface area (Å²) in [6, 6.07) is 16.5. The van der Waals surface area contributed by atoms with Crippen LogP contribution in [0.3, 0.4) is 0 Å². The number of sulfone groups is 1. The molecule has 3 unspecified atom stereocenters. The van der Waals surface area contributed by atoms with Crippen molar-refractivity contribution in [2.45, 2.75) is 136 Å². The third-order valence-electron chi connectivity index (χ3n) is 13.6. The molecular weight excluding hydrogens is 1070 g/mol. The van der Waals surface area contributed by atoms with Gasteiger partial charge in [-0.3, -0.25) is 19.2 Å². The van der Waals surface area contributed by atoms with E-state index in [1.807, 2.05) is 89.2 Å². The second-order valence-corrected chi connectivity index (χ2v) is 25.9. The fourth-order valence-electron chi connectivity index (χ4n) is 9.23. The average Bonchev–Trinajstić information content (AvgIpc) is 4.13. The van der Waals surface area contributed by atoms with Gasteiger partial charge in [0.15, 0.2) is 0 Å². The van der Waals surface area contributed by atoms with Gasteiger partial charge in [-0.25, -0.2) is 27.0 Å². The van der Waals surface area contributed by atoms with Gasteiger partial charge in [-0.05, 0) is 92.9 Å². The Morgan fingerprint density at radius 3 is 2.26 bits per heavy atom. The van der Waals surface area contributed by atoms with Crippen molar-refractivity contribution < 1.29 is 54.3 Å². The van der Waals surface area contributed by atoms with Gasteiger partial charge in [0.05, 0.1) is 44.7 Å². The minimum absolute atomic E-state index is 0.0393. The molecule has 1 aromatic heterocycles. The Labute approximate surface area is 451 Å².